The first-order valence-electron chi connectivity index (χ1n) is 9.02. The number of amides is 1. The summed E-state index contributed by atoms with van der Waals surface area (Å²) in [4.78, 5) is 26.6. The molecule has 0 bridgehead atoms. The topological polar surface area (TPSA) is 63.4 Å². The van der Waals surface area contributed by atoms with Gasteiger partial charge in [0.05, 0.1) is 0 Å². The van der Waals surface area contributed by atoms with Crippen LogP contribution in [0.15, 0.2) is 24.3 Å². The van der Waals surface area contributed by atoms with Crippen molar-refractivity contribution in [2.24, 2.45) is 17.6 Å². The van der Waals surface area contributed by atoms with Gasteiger partial charge < -0.3 is 10.6 Å². The number of carbonyl (C=O) groups is 2. The zero-order valence-electron chi connectivity index (χ0n) is 15.5. The fourth-order valence-electron chi connectivity index (χ4n) is 3.47. The van der Waals surface area contributed by atoms with Crippen LogP contribution in [0.1, 0.15) is 56.0 Å². The molecule has 2 unspecified atom stereocenters. The molecule has 1 fully saturated rings. The van der Waals surface area contributed by atoms with E-state index >= 15 is 0 Å². The molecule has 0 spiro atoms. The minimum Gasteiger partial charge on any atom is -0.340 e. The molecule has 0 radical (unpaired) electrons. The second-order valence-corrected chi connectivity index (χ2v) is 7.45. The molecule has 1 amide bonds. The molecule has 0 aromatic heterocycles. The number of nitrogens with two attached hydrogens (primary N) is 1. The van der Waals surface area contributed by atoms with Crippen LogP contribution in [-0.2, 0) is 11.2 Å². The zero-order valence-corrected chi connectivity index (χ0v) is 16.3. The minimum atomic E-state index is 0. The number of benzene rings is 1. The molecule has 5 heteroatoms. The summed E-state index contributed by atoms with van der Waals surface area (Å²) in [5, 5.41) is 0. The quantitative estimate of drug-likeness (QED) is 0.751. The molecule has 1 heterocycles. The van der Waals surface area contributed by atoms with Crippen molar-refractivity contribution >= 4 is 24.1 Å². The summed E-state index contributed by atoms with van der Waals surface area (Å²) in [5.41, 5.74) is 7.65. The standard InChI is InChI=1S/C20H30N2O2.ClH/c1-14(2)10-16-4-6-18(7-5-16)19(23)8-9-20(24)22-13-17(12-21)11-15(22)3;/h4-7,14-15,17H,8-13,21H2,1-3H3;1H. The first kappa shape index (κ1) is 21.7. The van der Waals surface area contributed by atoms with Gasteiger partial charge in [-0.2, -0.15) is 0 Å². The largest absolute Gasteiger partial charge is 0.340 e. The van der Waals surface area contributed by atoms with Crippen LogP contribution in [0.4, 0.5) is 0 Å². The van der Waals surface area contributed by atoms with E-state index in [4.69, 9.17) is 5.73 Å². The third kappa shape index (κ3) is 6.12. The average molecular weight is 367 g/mol. The molecule has 2 atom stereocenters. The molecule has 140 valence electrons. The maximum atomic E-state index is 12.4. The van der Waals surface area contributed by atoms with Crippen molar-refractivity contribution in [3.05, 3.63) is 35.4 Å². The van der Waals surface area contributed by atoms with Crippen molar-refractivity contribution in [2.75, 3.05) is 13.1 Å². The van der Waals surface area contributed by atoms with E-state index in [0.717, 1.165) is 19.4 Å². The number of likely N-dealkylation sites (tertiary alicyclic amines) is 1. The number of nitrogens with zero attached hydrogens (tertiary/aromatic N) is 1. The fraction of sp³-hybridized carbons (Fsp3) is 0.600. The Balaban J connectivity index is 0.00000312. The number of carbonyl (C=O) groups excluding carboxylic acids is 2. The van der Waals surface area contributed by atoms with Gasteiger partial charge in [-0.05, 0) is 43.7 Å². The van der Waals surface area contributed by atoms with Gasteiger partial charge in [0.25, 0.3) is 0 Å². The smallest absolute Gasteiger partial charge is 0.223 e. The molecule has 2 rings (SSSR count). The first-order valence-corrected chi connectivity index (χ1v) is 9.02. The molecule has 25 heavy (non-hydrogen) atoms. The number of hydrogen-bond donors (Lipinski definition) is 1. The monoisotopic (exact) mass is 366 g/mol. The molecule has 1 aromatic rings. The molecule has 1 aliphatic heterocycles. The summed E-state index contributed by atoms with van der Waals surface area (Å²) in [6.45, 7) is 7.77. The summed E-state index contributed by atoms with van der Waals surface area (Å²) < 4.78 is 0. The van der Waals surface area contributed by atoms with Crippen molar-refractivity contribution in [1.29, 1.82) is 0 Å². The third-order valence-corrected chi connectivity index (χ3v) is 4.80. The molecular formula is C20H31ClN2O2. The predicted octanol–water partition coefficient (Wildman–Crippen LogP) is 3.47. The van der Waals surface area contributed by atoms with Gasteiger partial charge in [-0.25, -0.2) is 0 Å². The highest BCUT2D eigenvalue weighted by Crippen LogP contribution is 2.23. The maximum Gasteiger partial charge on any atom is 0.223 e. The summed E-state index contributed by atoms with van der Waals surface area (Å²) in [7, 11) is 0. The van der Waals surface area contributed by atoms with Crippen molar-refractivity contribution in [2.45, 2.75) is 52.5 Å². The Labute approximate surface area is 157 Å². The van der Waals surface area contributed by atoms with Crippen LogP contribution in [0.2, 0.25) is 0 Å². The van der Waals surface area contributed by atoms with Gasteiger partial charge in [0.1, 0.15) is 0 Å². The Morgan fingerprint density at radius 2 is 1.84 bits per heavy atom. The average Bonchev–Trinajstić information content (AvgIpc) is 2.93. The van der Waals surface area contributed by atoms with E-state index in [2.05, 4.69) is 20.8 Å². The van der Waals surface area contributed by atoms with Crippen LogP contribution < -0.4 is 5.73 Å². The molecule has 1 saturated heterocycles. The van der Waals surface area contributed by atoms with Crippen LogP contribution in [0, 0.1) is 11.8 Å². The van der Waals surface area contributed by atoms with Crippen molar-refractivity contribution in [1.82, 2.24) is 4.90 Å². The Morgan fingerprint density at radius 1 is 1.20 bits per heavy atom. The highest BCUT2D eigenvalue weighted by Gasteiger charge is 2.31. The van der Waals surface area contributed by atoms with Crippen LogP contribution in [0.5, 0.6) is 0 Å². The summed E-state index contributed by atoms with van der Waals surface area (Å²) in [6.07, 6.45) is 2.54. The van der Waals surface area contributed by atoms with E-state index in [1.54, 1.807) is 0 Å². The maximum absolute atomic E-state index is 12.4. The van der Waals surface area contributed by atoms with E-state index in [1.807, 2.05) is 29.2 Å². The third-order valence-electron chi connectivity index (χ3n) is 4.80. The Kier molecular flexibility index (Phi) is 8.60. The second kappa shape index (κ2) is 9.93. The highest BCUT2D eigenvalue weighted by molar-refractivity contribution is 5.98. The Hall–Kier alpha value is -1.39. The van der Waals surface area contributed by atoms with E-state index in [1.165, 1.54) is 5.56 Å². The number of hydrogen-bond acceptors (Lipinski definition) is 3. The van der Waals surface area contributed by atoms with Crippen molar-refractivity contribution < 1.29 is 9.59 Å². The summed E-state index contributed by atoms with van der Waals surface area (Å²) in [5.74, 6) is 1.11. The molecule has 0 aliphatic carbocycles. The molecule has 4 nitrogen and oxygen atoms in total. The lowest BCUT2D eigenvalue weighted by atomic mass is 9.99. The van der Waals surface area contributed by atoms with Crippen LogP contribution in [0.3, 0.4) is 0 Å². The molecule has 0 saturated carbocycles. The molecule has 2 N–H and O–H groups in total. The van der Waals surface area contributed by atoms with Gasteiger partial charge in [-0.3, -0.25) is 9.59 Å². The van der Waals surface area contributed by atoms with E-state index < -0.39 is 0 Å². The van der Waals surface area contributed by atoms with E-state index in [0.29, 0.717) is 23.9 Å². The van der Waals surface area contributed by atoms with Gasteiger partial charge >= 0.3 is 0 Å². The Morgan fingerprint density at radius 3 is 2.36 bits per heavy atom. The Bertz CT molecular complexity index is 572. The van der Waals surface area contributed by atoms with Crippen LogP contribution in [-0.4, -0.2) is 35.7 Å². The normalized spacial score (nSPS) is 19.8. The fourth-order valence-corrected chi connectivity index (χ4v) is 3.47. The van der Waals surface area contributed by atoms with Crippen LogP contribution >= 0.6 is 12.4 Å². The van der Waals surface area contributed by atoms with Gasteiger partial charge in [0.15, 0.2) is 5.78 Å². The number of rotatable bonds is 7. The SMILES string of the molecule is CC(C)Cc1ccc(C(=O)CCC(=O)N2CC(CN)CC2C)cc1.Cl. The number of ketones is 1. The lowest BCUT2D eigenvalue weighted by Crippen LogP contribution is -2.34. The number of halogens is 1. The molecule has 1 aromatic carbocycles. The lowest BCUT2D eigenvalue weighted by Gasteiger charge is -2.21. The summed E-state index contributed by atoms with van der Waals surface area (Å²) in [6, 6.07) is 8.03. The highest BCUT2D eigenvalue weighted by atomic mass is 35.5. The van der Waals surface area contributed by atoms with Crippen LogP contribution in [0.25, 0.3) is 0 Å². The van der Waals surface area contributed by atoms with Gasteiger partial charge in [-0.1, -0.05) is 38.1 Å². The molecular weight excluding hydrogens is 336 g/mol. The van der Waals surface area contributed by atoms with Crippen molar-refractivity contribution in [3.8, 4) is 0 Å². The zero-order chi connectivity index (χ0) is 17.7. The second-order valence-electron chi connectivity index (χ2n) is 7.45. The molecule has 1 aliphatic rings. The van der Waals surface area contributed by atoms with E-state index in [-0.39, 0.29) is 43.0 Å². The predicted molar refractivity (Wildman–Crippen MR) is 104 cm³/mol. The van der Waals surface area contributed by atoms with E-state index in [9.17, 15) is 9.59 Å². The first-order chi connectivity index (χ1) is 11.4. The van der Waals surface area contributed by atoms with Gasteiger partial charge in [0, 0.05) is 31.0 Å². The number of Topliss-reactive ketones (excluding diaryl/α,β-unsaturated/α-hetero) is 1. The summed E-state index contributed by atoms with van der Waals surface area (Å²) >= 11 is 0. The lowest BCUT2D eigenvalue weighted by molar-refractivity contribution is -0.131. The van der Waals surface area contributed by atoms with Gasteiger partial charge in [0.2, 0.25) is 5.91 Å². The van der Waals surface area contributed by atoms with Crippen molar-refractivity contribution in [3.63, 3.8) is 0 Å². The van der Waals surface area contributed by atoms with Gasteiger partial charge in [-0.15, -0.1) is 12.4 Å². The minimum absolute atomic E-state index is 0.